The third-order valence-corrected chi connectivity index (χ3v) is 5.31. The minimum atomic E-state index is -0.366. The van der Waals surface area contributed by atoms with Gasteiger partial charge in [-0.25, -0.2) is 5.43 Å². The van der Waals surface area contributed by atoms with Crippen LogP contribution in [0.15, 0.2) is 44.4 Å². The van der Waals surface area contributed by atoms with Gasteiger partial charge in [0, 0.05) is 0 Å². The molecule has 6 nitrogen and oxygen atoms in total. The first-order valence-electron chi connectivity index (χ1n) is 9.40. The largest absolute Gasteiger partial charge is 0.493 e. The van der Waals surface area contributed by atoms with Crippen LogP contribution in [-0.4, -0.2) is 32.4 Å². The molecule has 0 spiro atoms. The topological polar surface area (TPSA) is 69.2 Å². The second-order valence-electron chi connectivity index (χ2n) is 7.44. The Hall–Kier alpha value is -2.06. The number of nitrogens with zero attached hydrogens (tertiary/aromatic N) is 1. The molecule has 1 amide bonds. The molecule has 0 heterocycles. The number of carbonyl (C=O) groups excluding carboxylic acids is 1. The molecular weight excluding hydrogens is 516 g/mol. The molecular formula is C22H26Br2N2O4. The smallest absolute Gasteiger partial charge is 0.277 e. The highest BCUT2D eigenvalue weighted by Crippen LogP contribution is 2.36. The summed E-state index contributed by atoms with van der Waals surface area (Å²) >= 11 is 6.95. The number of hydrogen-bond acceptors (Lipinski definition) is 5. The maximum atomic E-state index is 12.1. The zero-order chi connectivity index (χ0) is 22.3. The third kappa shape index (κ3) is 6.74. The quantitative estimate of drug-likeness (QED) is 0.356. The summed E-state index contributed by atoms with van der Waals surface area (Å²) in [5.74, 6) is 1.43. The Balaban J connectivity index is 1.95. The number of ether oxygens (including phenoxy) is 3. The van der Waals surface area contributed by atoms with Gasteiger partial charge in [-0.15, -0.1) is 0 Å². The zero-order valence-corrected chi connectivity index (χ0v) is 20.9. The van der Waals surface area contributed by atoms with Crippen LogP contribution in [-0.2, 0) is 10.2 Å². The van der Waals surface area contributed by atoms with Crippen LogP contribution in [0.3, 0.4) is 0 Å². The van der Waals surface area contributed by atoms with Gasteiger partial charge in [0.25, 0.3) is 5.91 Å². The van der Waals surface area contributed by atoms with E-state index >= 15 is 0 Å². The molecule has 0 saturated carbocycles. The lowest BCUT2D eigenvalue weighted by Gasteiger charge is -2.20. The first-order valence-corrected chi connectivity index (χ1v) is 11.0. The molecule has 0 bridgehead atoms. The van der Waals surface area contributed by atoms with Gasteiger partial charge in [0.15, 0.2) is 18.1 Å². The molecule has 0 aliphatic carbocycles. The predicted octanol–water partition coefficient (Wildman–Crippen LogP) is 5.45. The van der Waals surface area contributed by atoms with Gasteiger partial charge in [-0.3, -0.25) is 4.79 Å². The monoisotopic (exact) mass is 540 g/mol. The van der Waals surface area contributed by atoms with Crippen LogP contribution in [0.1, 0.15) is 38.8 Å². The van der Waals surface area contributed by atoms with E-state index < -0.39 is 0 Å². The summed E-state index contributed by atoms with van der Waals surface area (Å²) in [7, 11) is 1.57. The van der Waals surface area contributed by atoms with Crippen molar-refractivity contribution in [1.82, 2.24) is 5.43 Å². The molecule has 0 aromatic heterocycles. The summed E-state index contributed by atoms with van der Waals surface area (Å²) in [6, 6.07) is 9.45. The fourth-order valence-electron chi connectivity index (χ4n) is 2.54. The number of amides is 1. The van der Waals surface area contributed by atoms with Crippen molar-refractivity contribution >= 4 is 44.0 Å². The number of halogens is 2. The Morgan fingerprint density at radius 3 is 2.43 bits per heavy atom. The first-order chi connectivity index (χ1) is 14.2. The van der Waals surface area contributed by atoms with Crippen molar-refractivity contribution in [3.8, 4) is 17.2 Å². The van der Waals surface area contributed by atoms with Crippen molar-refractivity contribution in [1.29, 1.82) is 0 Å². The number of hydrogen-bond donors (Lipinski definition) is 1. The van der Waals surface area contributed by atoms with E-state index in [1.165, 1.54) is 11.8 Å². The Morgan fingerprint density at radius 2 is 1.83 bits per heavy atom. The maximum absolute atomic E-state index is 12.1. The van der Waals surface area contributed by atoms with Crippen LogP contribution in [0.25, 0.3) is 0 Å². The number of hydrazone groups is 1. The average molecular weight is 542 g/mol. The number of rotatable bonds is 8. The van der Waals surface area contributed by atoms with E-state index in [0.29, 0.717) is 23.9 Å². The van der Waals surface area contributed by atoms with Gasteiger partial charge in [0.2, 0.25) is 0 Å². The van der Waals surface area contributed by atoms with Crippen molar-refractivity contribution < 1.29 is 19.0 Å². The van der Waals surface area contributed by atoms with Crippen molar-refractivity contribution in [2.24, 2.45) is 5.10 Å². The van der Waals surface area contributed by atoms with Crippen LogP contribution in [0.2, 0.25) is 0 Å². The molecule has 8 heteroatoms. The van der Waals surface area contributed by atoms with Gasteiger partial charge in [-0.2, -0.15) is 5.10 Å². The van der Waals surface area contributed by atoms with Crippen molar-refractivity contribution in [2.45, 2.75) is 33.1 Å². The molecule has 2 aromatic carbocycles. The minimum absolute atomic E-state index is 0.0334. The minimum Gasteiger partial charge on any atom is -0.493 e. The van der Waals surface area contributed by atoms with Crippen LogP contribution in [0.5, 0.6) is 17.2 Å². The predicted molar refractivity (Wildman–Crippen MR) is 126 cm³/mol. The highest BCUT2D eigenvalue weighted by atomic mass is 79.9. The Morgan fingerprint density at radius 1 is 1.10 bits per heavy atom. The third-order valence-electron chi connectivity index (χ3n) is 4.10. The summed E-state index contributed by atoms with van der Waals surface area (Å²) < 4.78 is 18.0. The van der Waals surface area contributed by atoms with Crippen LogP contribution in [0.4, 0.5) is 0 Å². The number of carbonyl (C=O) groups is 1. The van der Waals surface area contributed by atoms with Gasteiger partial charge in [-0.05, 0) is 79.6 Å². The molecule has 30 heavy (non-hydrogen) atoms. The number of nitrogens with one attached hydrogen (secondary N) is 1. The SMILES string of the molecule is CCOc1c(Br)cc(/C=N/NC(=O)COc2ccc(C(C)(C)C)cc2Br)cc1OC. The van der Waals surface area contributed by atoms with E-state index in [-0.39, 0.29) is 17.9 Å². The lowest BCUT2D eigenvalue weighted by Crippen LogP contribution is -2.24. The standard InChI is InChI=1S/C22H26Br2N2O4/c1-6-29-21-17(24)9-14(10-19(21)28-5)12-25-26-20(27)13-30-18-8-7-15(11-16(18)23)22(2,3)4/h7-12H,6,13H2,1-5H3,(H,26,27)/b25-12+. The van der Waals surface area contributed by atoms with E-state index in [2.05, 4.69) is 63.2 Å². The van der Waals surface area contributed by atoms with Crippen molar-refractivity contribution in [2.75, 3.05) is 20.3 Å². The van der Waals surface area contributed by atoms with E-state index in [1.54, 1.807) is 13.2 Å². The van der Waals surface area contributed by atoms with Crippen LogP contribution in [0, 0.1) is 0 Å². The van der Waals surface area contributed by atoms with E-state index in [1.807, 2.05) is 31.2 Å². The number of benzene rings is 2. The first kappa shape index (κ1) is 24.2. The zero-order valence-electron chi connectivity index (χ0n) is 17.7. The molecule has 2 aromatic rings. The van der Waals surface area contributed by atoms with Gasteiger partial charge in [-0.1, -0.05) is 26.8 Å². The maximum Gasteiger partial charge on any atom is 0.277 e. The number of methoxy groups -OCH3 is 1. The summed E-state index contributed by atoms with van der Waals surface area (Å²) in [4.78, 5) is 12.1. The summed E-state index contributed by atoms with van der Waals surface area (Å²) in [6.07, 6.45) is 1.52. The Kier molecular flexibility index (Phi) is 8.73. The summed E-state index contributed by atoms with van der Waals surface area (Å²) in [5, 5.41) is 3.98. The summed E-state index contributed by atoms with van der Waals surface area (Å²) in [6.45, 7) is 8.68. The van der Waals surface area contributed by atoms with E-state index in [4.69, 9.17) is 14.2 Å². The Bertz CT molecular complexity index is 924. The molecule has 0 aliphatic heterocycles. The Labute approximate surface area is 194 Å². The van der Waals surface area contributed by atoms with Gasteiger partial charge >= 0.3 is 0 Å². The molecule has 0 saturated heterocycles. The highest BCUT2D eigenvalue weighted by molar-refractivity contribution is 9.10. The lowest BCUT2D eigenvalue weighted by molar-refractivity contribution is -0.123. The summed E-state index contributed by atoms with van der Waals surface area (Å²) in [5.41, 5.74) is 4.40. The molecule has 2 rings (SSSR count). The highest BCUT2D eigenvalue weighted by Gasteiger charge is 2.15. The molecule has 0 unspecified atom stereocenters. The molecule has 162 valence electrons. The molecule has 0 aliphatic rings. The van der Waals surface area contributed by atoms with Gasteiger partial charge in [0.05, 0.1) is 28.9 Å². The molecule has 0 fully saturated rings. The van der Waals surface area contributed by atoms with Crippen molar-refractivity contribution in [3.63, 3.8) is 0 Å². The molecule has 1 N–H and O–H groups in total. The van der Waals surface area contributed by atoms with Crippen molar-refractivity contribution in [3.05, 3.63) is 50.4 Å². The van der Waals surface area contributed by atoms with Gasteiger partial charge < -0.3 is 14.2 Å². The second kappa shape index (κ2) is 10.8. The molecule has 0 radical (unpaired) electrons. The van der Waals surface area contributed by atoms with Crippen LogP contribution < -0.4 is 19.6 Å². The van der Waals surface area contributed by atoms with E-state index in [0.717, 1.165) is 14.5 Å². The molecule has 0 atom stereocenters. The van der Waals surface area contributed by atoms with Crippen LogP contribution >= 0.6 is 31.9 Å². The fourth-order valence-corrected chi connectivity index (χ4v) is 3.60. The second-order valence-corrected chi connectivity index (χ2v) is 9.15. The van der Waals surface area contributed by atoms with Gasteiger partial charge in [0.1, 0.15) is 5.75 Å². The average Bonchev–Trinajstić information content (AvgIpc) is 2.68. The lowest BCUT2D eigenvalue weighted by atomic mass is 9.87. The normalized spacial score (nSPS) is 11.4. The van der Waals surface area contributed by atoms with E-state index in [9.17, 15) is 4.79 Å². The fraction of sp³-hybridized carbons (Fsp3) is 0.364.